The van der Waals surface area contributed by atoms with Gasteiger partial charge in [-0.25, -0.2) is 0 Å². The highest BCUT2D eigenvalue weighted by Crippen LogP contribution is 2.10. The van der Waals surface area contributed by atoms with Gasteiger partial charge in [0, 0.05) is 0 Å². The van der Waals surface area contributed by atoms with E-state index in [1.807, 2.05) is 12.2 Å². The first-order valence-corrected chi connectivity index (χ1v) is 7.01. The molecule has 0 heterocycles. The summed E-state index contributed by atoms with van der Waals surface area (Å²) in [5.41, 5.74) is 0. The van der Waals surface area contributed by atoms with Crippen LogP contribution in [0.1, 0.15) is 71.1 Å². The molecule has 0 bridgehead atoms. The quantitative estimate of drug-likeness (QED) is 0.286. The minimum absolute atomic E-state index is 1.21. The molecule has 0 saturated carbocycles. The molecule has 0 aliphatic carbocycles. The molecule has 0 aliphatic rings. The fourth-order valence-corrected chi connectivity index (χ4v) is 1.78. The second-order valence-electron chi connectivity index (χ2n) is 4.44. The zero-order chi connectivity index (χ0) is 11.9. The highest BCUT2D eigenvalue weighted by molar-refractivity contribution is 4.96. The van der Waals surface area contributed by atoms with Crippen molar-refractivity contribution in [2.45, 2.75) is 71.1 Å². The third-order valence-electron chi connectivity index (χ3n) is 2.81. The average Bonchev–Trinajstić information content (AvgIpc) is 2.31. The Morgan fingerprint density at radius 1 is 0.812 bits per heavy atom. The lowest BCUT2D eigenvalue weighted by molar-refractivity contribution is 0.621. The van der Waals surface area contributed by atoms with E-state index in [-0.39, 0.29) is 0 Å². The van der Waals surface area contributed by atoms with Gasteiger partial charge in [-0.15, -0.1) is 0 Å². The minimum atomic E-state index is 1.21. The van der Waals surface area contributed by atoms with Crippen molar-refractivity contribution in [1.82, 2.24) is 0 Å². The maximum Gasteiger partial charge on any atom is -0.0348 e. The Labute approximate surface area is 103 Å². The summed E-state index contributed by atoms with van der Waals surface area (Å²) < 4.78 is 0. The molecule has 16 heavy (non-hydrogen) atoms. The molecule has 0 aromatic heterocycles. The van der Waals surface area contributed by atoms with E-state index in [2.05, 4.69) is 26.0 Å². The Morgan fingerprint density at radius 3 is 2.06 bits per heavy atom. The second-order valence-corrected chi connectivity index (χ2v) is 4.44. The van der Waals surface area contributed by atoms with Gasteiger partial charge in [-0.3, -0.25) is 0 Å². The van der Waals surface area contributed by atoms with Gasteiger partial charge in [-0.2, -0.15) is 0 Å². The second kappa shape index (κ2) is 14.5. The smallest absolute Gasteiger partial charge is 0.0348 e. The lowest BCUT2D eigenvalue weighted by atomic mass is 10.1. The Hall–Kier alpha value is -0.520. The molecular formula is C16H29. The Bertz CT molecular complexity index is 155. The molecule has 0 rings (SSSR count). The third kappa shape index (κ3) is 13.5. The zero-order valence-corrected chi connectivity index (χ0v) is 11.1. The van der Waals surface area contributed by atoms with Crippen LogP contribution in [-0.2, 0) is 0 Å². The molecule has 0 N–H and O–H groups in total. The standard InChI is InChI=1S/C16H29/c1-3-5-7-9-11-13-15-16-14-12-10-8-6-4-2/h3,5,7,12H,1,4,6,8-11,13-16H2,2H3/b7-5-. The fraction of sp³-hybridized carbons (Fsp3) is 0.688. The summed E-state index contributed by atoms with van der Waals surface area (Å²) in [7, 11) is 0. The van der Waals surface area contributed by atoms with Crippen LogP contribution >= 0.6 is 0 Å². The number of hydrogen-bond acceptors (Lipinski definition) is 0. The maximum atomic E-state index is 3.66. The van der Waals surface area contributed by atoms with Crippen LogP contribution in [0.4, 0.5) is 0 Å². The highest BCUT2D eigenvalue weighted by Gasteiger charge is 1.91. The summed E-state index contributed by atoms with van der Waals surface area (Å²) in [5.74, 6) is 0. The lowest BCUT2D eigenvalue weighted by Crippen LogP contribution is -1.82. The molecular weight excluding hydrogens is 192 g/mol. The summed E-state index contributed by atoms with van der Waals surface area (Å²) in [6, 6.07) is 0. The monoisotopic (exact) mass is 221 g/mol. The van der Waals surface area contributed by atoms with Crippen molar-refractivity contribution in [3.63, 3.8) is 0 Å². The van der Waals surface area contributed by atoms with Crippen LogP contribution in [0.2, 0.25) is 0 Å². The van der Waals surface area contributed by atoms with Crippen LogP contribution in [0.5, 0.6) is 0 Å². The van der Waals surface area contributed by atoms with Crippen LogP contribution in [0, 0.1) is 6.42 Å². The summed E-state index contributed by atoms with van der Waals surface area (Å²) >= 11 is 0. The molecule has 0 nitrogen and oxygen atoms in total. The Kier molecular flexibility index (Phi) is 14.0. The molecule has 0 fully saturated rings. The van der Waals surface area contributed by atoms with Crippen molar-refractivity contribution in [2.24, 2.45) is 0 Å². The molecule has 0 saturated heterocycles. The average molecular weight is 221 g/mol. The largest absolute Gasteiger partial charge is 0.0991 e. The predicted molar refractivity (Wildman–Crippen MR) is 75.5 cm³/mol. The number of rotatable bonds is 12. The van der Waals surface area contributed by atoms with Gasteiger partial charge in [0.1, 0.15) is 0 Å². The SMILES string of the molecule is C=C/C=C\CCCCCC[CH]CCCCC. The van der Waals surface area contributed by atoms with E-state index in [1.165, 1.54) is 64.2 Å². The number of allylic oxidation sites excluding steroid dienone is 3. The molecule has 0 aromatic rings. The Morgan fingerprint density at radius 2 is 1.44 bits per heavy atom. The topological polar surface area (TPSA) is 0 Å². The molecule has 93 valence electrons. The third-order valence-corrected chi connectivity index (χ3v) is 2.81. The molecule has 0 aliphatic heterocycles. The minimum Gasteiger partial charge on any atom is -0.0991 e. The highest BCUT2D eigenvalue weighted by atomic mass is 14.0. The summed E-state index contributed by atoms with van der Waals surface area (Å²) in [5, 5.41) is 0. The van der Waals surface area contributed by atoms with Gasteiger partial charge in [-0.1, -0.05) is 83.1 Å². The molecule has 0 atom stereocenters. The molecule has 0 aromatic carbocycles. The van der Waals surface area contributed by atoms with Crippen molar-refractivity contribution in [2.75, 3.05) is 0 Å². The van der Waals surface area contributed by atoms with Gasteiger partial charge in [0.15, 0.2) is 0 Å². The van der Waals surface area contributed by atoms with Crippen LogP contribution in [0.25, 0.3) is 0 Å². The van der Waals surface area contributed by atoms with Crippen LogP contribution in [0.15, 0.2) is 24.8 Å². The van der Waals surface area contributed by atoms with Crippen LogP contribution in [-0.4, -0.2) is 0 Å². The number of unbranched alkanes of at least 4 members (excludes halogenated alkanes) is 10. The van der Waals surface area contributed by atoms with E-state index in [4.69, 9.17) is 0 Å². The van der Waals surface area contributed by atoms with Crippen LogP contribution in [0.3, 0.4) is 0 Å². The maximum absolute atomic E-state index is 3.66. The van der Waals surface area contributed by atoms with Gasteiger partial charge in [0.05, 0.1) is 0 Å². The summed E-state index contributed by atoms with van der Waals surface area (Å²) in [6.07, 6.45) is 22.1. The Balaban J connectivity index is 2.93. The fourth-order valence-electron chi connectivity index (χ4n) is 1.78. The van der Waals surface area contributed by atoms with E-state index in [0.29, 0.717) is 0 Å². The van der Waals surface area contributed by atoms with Gasteiger partial charge < -0.3 is 0 Å². The molecule has 1 radical (unpaired) electrons. The van der Waals surface area contributed by atoms with Crippen molar-refractivity contribution in [1.29, 1.82) is 0 Å². The van der Waals surface area contributed by atoms with Gasteiger partial charge in [0.2, 0.25) is 0 Å². The number of hydrogen-bond donors (Lipinski definition) is 0. The lowest BCUT2D eigenvalue weighted by Gasteiger charge is -2.00. The van der Waals surface area contributed by atoms with Gasteiger partial charge >= 0.3 is 0 Å². The normalized spacial score (nSPS) is 11.1. The van der Waals surface area contributed by atoms with Gasteiger partial charge in [0.25, 0.3) is 0 Å². The molecule has 0 amide bonds. The molecule has 0 spiro atoms. The van der Waals surface area contributed by atoms with Crippen molar-refractivity contribution >= 4 is 0 Å². The first-order valence-electron chi connectivity index (χ1n) is 7.01. The molecule has 0 unspecified atom stereocenters. The zero-order valence-electron chi connectivity index (χ0n) is 11.1. The van der Waals surface area contributed by atoms with Crippen molar-refractivity contribution < 1.29 is 0 Å². The first kappa shape index (κ1) is 15.5. The molecule has 0 heteroatoms. The van der Waals surface area contributed by atoms with E-state index >= 15 is 0 Å². The van der Waals surface area contributed by atoms with Crippen molar-refractivity contribution in [3.8, 4) is 0 Å². The van der Waals surface area contributed by atoms with E-state index in [1.54, 1.807) is 0 Å². The van der Waals surface area contributed by atoms with Gasteiger partial charge in [-0.05, 0) is 19.3 Å². The summed E-state index contributed by atoms with van der Waals surface area (Å²) in [4.78, 5) is 0. The van der Waals surface area contributed by atoms with E-state index in [9.17, 15) is 0 Å². The predicted octanol–water partition coefficient (Wildman–Crippen LogP) is 5.85. The van der Waals surface area contributed by atoms with E-state index in [0.717, 1.165) is 0 Å². The summed E-state index contributed by atoms with van der Waals surface area (Å²) in [6.45, 7) is 5.92. The van der Waals surface area contributed by atoms with E-state index < -0.39 is 0 Å². The van der Waals surface area contributed by atoms with Crippen LogP contribution < -0.4 is 0 Å². The first-order chi connectivity index (χ1) is 7.91. The van der Waals surface area contributed by atoms with Crippen molar-refractivity contribution in [3.05, 3.63) is 31.2 Å².